The number of hydrogen-bond acceptors (Lipinski definition) is 3. The molecule has 0 bridgehead atoms. The zero-order valence-electron chi connectivity index (χ0n) is 13.7. The molecule has 0 spiro atoms. The van der Waals surface area contributed by atoms with Crippen molar-refractivity contribution in [2.75, 3.05) is 26.1 Å². The Labute approximate surface area is 137 Å². The van der Waals surface area contributed by atoms with Gasteiger partial charge in [-0.15, -0.1) is 0 Å². The van der Waals surface area contributed by atoms with Crippen molar-refractivity contribution in [3.63, 3.8) is 0 Å². The van der Waals surface area contributed by atoms with Crippen LogP contribution in [0.25, 0.3) is 12.2 Å². The topological polar surface area (TPSA) is 29.5 Å². The molecule has 0 aromatic heterocycles. The number of allylic oxidation sites excluding steroid dienone is 2. The van der Waals surface area contributed by atoms with E-state index in [-0.39, 0.29) is 5.78 Å². The molecular formula is C20H21NO2. The highest BCUT2D eigenvalue weighted by atomic mass is 16.5. The quantitative estimate of drug-likeness (QED) is 0.754. The Balaban J connectivity index is 1.99. The lowest BCUT2D eigenvalue weighted by Gasteiger charge is -2.11. The van der Waals surface area contributed by atoms with Gasteiger partial charge in [0.2, 0.25) is 0 Å². The normalized spacial score (nSPS) is 11.1. The fraction of sp³-hybridized carbons (Fsp3) is 0.150. The molecule has 0 aliphatic heterocycles. The Bertz CT molecular complexity index is 713. The molecule has 0 aliphatic carbocycles. The Morgan fingerprint density at radius 2 is 1.61 bits per heavy atom. The number of methoxy groups -OCH3 is 1. The number of carbonyl (C=O) groups is 1. The van der Waals surface area contributed by atoms with Crippen molar-refractivity contribution in [3.8, 4) is 5.75 Å². The van der Waals surface area contributed by atoms with Crippen LogP contribution in [0.5, 0.6) is 5.75 Å². The molecule has 0 heterocycles. The number of ketones is 1. The van der Waals surface area contributed by atoms with Gasteiger partial charge in [-0.1, -0.05) is 36.4 Å². The summed E-state index contributed by atoms with van der Waals surface area (Å²) in [6.45, 7) is 0. The maximum atomic E-state index is 11.9. The van der Waals surface area contributed by atoms with Gasteiger partial charge in [-0.2, -0.15) is 0 Å². The van der Waals surface area contributed by atoms with Crippen LogP contribution in [-0.2, 0) is 4.79 Å². The van der Waals surface area contributed by atoms with E-state index in [1.54, 1.807) is 25.3 Å². The molecule has 2 aromatic rings. The van der Waals surface area contributed by atoms with Crippen molar-refractivity contribution >= 4 is 23.6 Å². The molecule has 0 saturated heterocycles. The fourth-order valence-corrected chi connectivity index (χ4v) is 2.04. The first kappa shape index (κ1) is 16.6. The van der Waals surface area contributed by atoms with Crippen LogP contribution in [0.4, 0.5) is 5.69 Å². The highest BCUT2D eigenvalue weighted by molar-refractivity contribution is 6.04. The van der Waals surface area contributed by atoms with Gasteiger partial charge >= 0.3 is 0 Å². The largest absolute Gasteiger partial charge is 0.497 e. The number of anilines is 1. The third-order valence-electron chi connectivity index (χ3n) is 3.38. The molecule has 2 rings (SSSR count). The van der Waals surface area contributed by atoms with Crippen LogP contribution in [0, 0.1) is 0 Å². The average molecular weight is 307 g/mol. The first-order valence-electron chi connectivity index (χ1n) is 7.40. The number of carbonyl (C=O) groups excluding carboxylic acids is 1. The molecule has 0 saturated carbocycles. The van der Waals surface area contributed by atoms with E-state index in [9.17, 15) is 4.79 Å². The maximum absolute atomic E-state index is 11.9. The first-order chi connectivity index (χ1) is 11.1. The molecule has 0 amide bonds. The summed E-state index contributed by atoms with van der Waals surface area (Å²) in [5.74, 6) is 0.723. The van der Waals surface area contributed by atoms with Crippen LogP contribution < -0.4 is 9.64 Å². The maximum Gasteiger partial charge on any atom is 0.178 e. The van der Waals surface area contributed by atoms with Crippen molar-refractivity contribution in [2.45, 2.75) is 0 Å². The Hall–Kier alpha value is -2.81. The van der Waals surface area contributed by atoms with Gasteiger partial charge in [0, 0.05) is 19.8 Å². The van der Waals surface area contributed by atoms with Crippen LogP contribution in [0.3, 0.4) is 0 Å². The van der Waals surface area contributed by atoms with Crippen LogP contribution in [0.15, 0.2) is 60.7 Å². The molecule has 3 nitrogen and oxygen atoms in total. The molecule has 0 fully saturated rings. The summed E-state index contributed by atoms with van der Waals surface area (Å²) in [5, 5.41) is 0. The summed E-state index contributed by atoms with van der Waals surface area (Å²) in [6, 6.07) is 15.6. The zero-order valence-corrected chi connectivity index (χ0v) is 13.7. The Kier molecular flexibility index (Phi) is 5.75. The average Bonchev–Trinajstić information content (AvgIpc) is 2.58. The highest BCUT2D eigenvalue weighted by Crippen LogP contribution is 2.14. The minimum Gasteiger partial charge on any atom is -0.497 e. The molecule has 3 heteroatoms. The van der Waals surface area contributed by atoms with E-state index < -0.39 is 0 Å². The van der Waals surface area contributed by atoms with Gasteiger partial charge in [-0.25, -0.2) is 0 Å². The molecule has 23 heavy (non-hydrogen) atoms. The Morgan fingerprint density at radius 3 is 2.22 bits per heavy atom. The second-order valence-corrected chi connectivity index (χ2v) is 5.33. The molecule has 0 unspecified atom stereocenters. The van der Waals surface area contributed by atoms with Crippen LogP contribution in [-0.4, -0.2) is 27.0 Å². The van der Waals surface area contributed by atoms with E-state index in [1.807, 2.05) is 73.6 Å². The molecule has 0 radical (unpaired) electrons. The van der Waals surface area contributed by atoms with Crippen LogP contribution in [0.2, 0.25) is 0 Å². The lowest BCUT2D eigenvalue weighted by Crippen LogP contribution is -2.07. The smallest absolute Gasteiger partial charge is 0.178 e. The van der Waals surface area contributed by atoms with Crippen molar-refractivity contribution in [1.82, 2.24) is 0 Å². The van der Waals surface area contributed by atoms with Gasteiger partial charge in [0.05, 0.1) is 7.11 Å². The fourth-order valence-electron chi connectivity index (χ4n) is 2.04. The monoisotopic (exact) mass is 307 g/mol. The molecule has 0 atom stereocenters. The number of nitrogens with zero attached hydrogens (tertiary/aromatic N) is 1. The van der Waals surface area contributed by atoms with Crippen LogP contribution in [0.1, 0.15) is 11.1 Å². The van der Waals surface area contributed by atoms with Crippen molar-refractivity contribution in [2.24, 2.45) is 0 Å². The van der Waals surface area contributed by atoms with Gasteiger partial charge in [0.25, 0.3) is 0 Å². The van der Waals surface area contributed by atoms with Gasteiger partial charge < -0.3 is 9.64 Å². The summed E-state index contributed by atoms with van der Waals surface area (Å²) in [7, 11) is 5.62. The van der Waals surface area contributed by atoms with Crippen molar-refractivity contribution in [1.29, 1.82) is 0 Å². The second kappa shape index (κ2) is 7.99. The highest BCUT2D eigenvalue weighted by Gasteiger charge is 1.96. The Morgan fingerprint density at radius 1 is 0.957 bits per heavy atom. The minimum absolute atomic E-state index is 0.0514. The van der Waals surface area contributed by atoms with E-state index in [0.717, 1.165) is 22.6 Å². The molecule has 2 aromatic carbocycles. The van der Waals surface area contributed by atoms with Crippen LogP contribution >= 0.6 is 0 Å². The summed E-state index contributed by atoms with van der Waals surface area (Å²) in [6.07, 6.45) is 6.73. The van der Waals surface area contributed by atoms with Crippen molar-refractivity contribution in [3.05, 3.63) is 71.8 Å². The summed E-state index contributed by atoms with van der Waals surface area (Å²) in [4.78, 5) is 13.9. The number of benzene rings is 2. The number of hydrogen-bond donors (Lipinski definition) is 0. The standard InChI is InChI=1S/C20H21NO2/c1-21(2)18-11-7-16(8-12-18)9-13-19(22)14-10-17-5-4-6-20(15-17)23-3/h4-15H,1-3H3. The number of rotatable bonds is 6. The van der Waals surface area contributed by atoms with Gasteiger partial charge in [0.15, 0.2) is 5.78 Å². The van der Waals surface area contributed by atoms with Crippen molar-refractivity contribution < 1.29 is 9.53 Å². The summed E-state index contributed by atoms with van der Waals surface area (Å²) >= 11 is 0. The van der Waals surface area contributed by atoms with E-state index in [1.165, 1.54) is 0 Å². The van der Waals surface area contributed by atoms with E-state index >= 15 is 0 Å². The third-order valence-corrected chi connectivity index (χ3v) is 3.38. The third kappa shape index (κ3) is 5.15. The zero-order chi connectivity index (χ0) is 16.7. The second-order valence-electron chi connectivity index (χ2n) is 5.33. The lowest BCUT2D eigenvalue weighted by molar-refractivity contribution is -0.110. The van der Waals surface area contributed by atoms with E-state index in [4.69, 9.17) is 4.74 Å². The first-order valence-corrected chi connectivity index (χ1v) is 7.40. The minimum atomic E-state index is -0.0514. The molecular weight excluding hydrogens is 286 g/mol. The molecule has 118 valence electrons. The SMILES string of the molecule is COc1cccc(C=CC(=O)C=Cc2ccc(N(C)C)cc2)c1. The summed E-state index contributed by atoms with van der Waals surface area (Å²) in [5.41, 5.74) is 3.06. The van der Waals surface area contributed by atoms with E-state index in [2.05, 4.69) is 0 Å². The molecule has 0 aliphatic rings. The van der Waals surface area contributed by atoms with Gasteiger partial charge in [-0.05, 0) is 47.5 Å². The van der Waals surface area contributed by atoms with Gasteiger partial charge in [0.1, 0.15) is 5.75 Å². The summed E-state index contributed by atoms with van der Waals surface area (Å²) < 4.78 is 5.16. The van der Waals surface area contributed by atoms with Gasteiger partial charge in [-0.3, -0.25) is 4.79 Å². The van der Waals surface area contributed by atoms with E-state index in [0.29, 0.717) is 0 Å². The lowest BCUT2D eigenvalue weighted by atomic mass is 10.1. The number of ether oxygens (including phenoxy) is 1. The predicted octanol–water partition coefficient (Wildman–Crippen LogP) is 4.06. The predicted molar refractivity (Wildman–Crippen MR) is 96.8 cm³/mol. The molecule has 0 N–H and O–H groups in total.